The van der Waals surface area contributed by atoms with Gasteiger partial charge in [0.1, 0.15) is 18.3 Å². The van der Waals surface area contributed by atoms with Crippen LogP contribution in [-0.2, 0) is 4.79 Å². The van der Waals surface area contributed by atoms with Gasteiger partial charge < -0.3 is 25.1 Å². The van der Waals surface area contributed by atoms with Crippen molar-refractivity contribution in [2.24, 2.45) is 0 Å². The van der Waals surface area contributed by atoms with Crippen LogP contribution >= 0.6 is 0 Å². The number of anilines is 2. The highest BCUT2D eigenvalue weighted by Crippen LogP contribution is 2.26. The lowest BCUT2D eigenvalue weighted by atomic mass is 9.96. The minimum atomic E-state index is -2.87. The van der Waals surface area contributed by atoms with Crippen molar-refractivity contribution in [2.45, 2.75) is 37.7 Å². The first-order valence-electron chi connectivity index (χ1n) is 11.2. The first-order chi connectivity index (χ1) is 16.9. The summed E-state index contributed by atoms with van der Waals surface area (Å²) in [5.74, 6) is -0.306. The zero-order valence-electron chi connectivity index (χ0n) is 18.8. The summed E-state index contributed by atoms with van der Waals surface area (Å²) in [5, 5.41) is 23.6. The summed E-state index contributed by atoms with van der Waals surface area (Å²) in [4.78, 5) is 22.0. The van der Waals surface area contributed by atoms with Crippen molar-refractivity contribution in [1.29, 1.82) is 0 Å². The lowest BCUT2D eigenvalue weighted by Gasteiger charge is -2.36. The molecule has 1 aliphatic heterocycles. The van der Waals surface area contributed by atoms with Gasteiger partial charge in [0.25, 0.3) is 0 Å². The van der Waals surface area contributed by atoms with Crippen molar-refractivity contribution in [1.82, 2.24) is 14.9 Å². The molecule has 1 fully saturated rings. The maximum absolute atomic E-state index is 12.3. The van der Waals surface area contributed by atoms with Gasteiger partial charge in [-0.15, -0.1) is 0 Å². The summed E-state index contributed by atoms with van der Waals surface area (Å²) < 4.78 is 28.9. The number of aliphatic hydroxyl groups is 2. The number of benzene rings is 2. The highest BCUT2D eigenvalue weighted by molar-refractivity contribution is 5.65. The van der Waals surface area contributed by atoms with E-state index in [1.165, 1.54) is 12.1 Å². The van der Waals surface area contributed by atoms with Gasteiger partial charge in [0.15, 0.2) is 0 Å². The van der Waals surface area contributed by atoms with Gasteiger partial charge in [-0.1, -0.05) is 24.3 Å². The predicted molar refractivity (Wildman–Crippen MR) is 125 cm³/mol. The van der Waals surface area contributed by atoms with E-state index in [1.54, 1.807) is 53.7 Å². The first kappa shape index (κ1) is 24.6. The van der Waals surface area contributed by atoms with Crippen LogP contribution in [0.4, 0.5) is 20.4 Å². The van der Waals surface area contributed by atoms with Gasteiger partial charge in [-0.05, 0) is 48.2 Å². The number of piperidine rings is 1. The van der Waals surface area contributed by atoms with Gasteiger partial charge >= 0.3 is 6.61 Å². The molecule has 0 spiro atoms. The third kappa shape index (κ3) is 6.36. The molecule has 1 saturated heterocycles. The molecule has 0 radical (unpaired) electrons. The van der Waals surface area contributed by atoms with Gasteiger partial charge in [-0.25, -0.2) is 9.97 Å². The summed E-state index contributed by atoms with van der Waals surface area (Å²) in [5.41, 5.74) is 2.82. The highest BCUT2D eigenvalue weighted by atomic mass is 19.3. The van der Waals surface area contributed by atoms with Crippen LogP contribution in [0.25, 0.3) is 11.1 Å². The van der Waals surface area contributed by atoms with Crippen LogP contribution < -0.4 is 10.1 Å². The van der Waals surface area contributed by atoms with E-state index in [1.807, 2.05) is 0 Å². The van der Waals surface area contributed by atoms with Crippen molar-refractivity contribution in [3.05, 3.63) is 66.5 Å². The number of nitrogens with zero attached hydrogens (tertiary/aromatic N) is 3. The number of β-amino-alcohol motifs (C(OH)–C–C–N with tert-alkyl or cyclic N) is 1. The number of carbonyl (C=O) groups excluding carboxylic acids is 1. The van der Waals surface area contributed by atoms with Crippen LogP contribution in [0.3, 0.4) is 0 Å². The largest absolute Gasteiger partial charge is 0.435 e. The molecule has 1 aromatic heterocycles. The monoisotopic (exact) mass is 484 g/mol. The molecule has 3 atom stereocenters. The van der Waals surface area contributed by atoms with Gasteiger partial charge in [-0.3, -0.25) is 4.90 Å². The van der Waals surface area contributed by atoms with Gasteiger partial charge in [-0.2, -0.15) is 8.78 Å². The smallest absolute Gasteiger partial charge is 0.387 e. The Morgan fingerprint density at radius 3 is 2.34 bits per heavy atom. The summed E-state index contributed by atoms with van der Waals surface area (Å²) >= 11 is 0. The number of carbonyl (C=O) groups is 1. The van der Waals surface area contributed by atoms with Crippen LogP contribution in [-0.4, -0.2) is 63.4 Å². The number of ether oxygens (including phenoxy) is 1. The van der Waals surface area contributed by atoms with Crippen molar-refractivity contribution < 1.29 is 28.5 Å². The van der Waals surface area contributed by atoms with E-state index in [0.29, 0.717) is 42.3 Å². The van der Waals surface area contributed by atoms with E-state index in [2.05, 4.69) is 20.0 Å². The van der Waals surface area contributed by atoms with Crippen LogP contribution in [0.15, 0.2) is 60.9 Å². The molecule has 10 heteroatoms. The SMILES string of the molecule is O=CC(c1ccc(Nc2ncc(-c3ccc(OC(F)F)cc3)cn2)cc1)C(O)N1CCC[C@H](O)C1. The molecule has 1 aliphatic rings. The minimum Gasteiger partial charge on any atom is -0.435 e. The van der Waals surface area contributed by atoms with Crippen LogP contribution in [0.2, 0.25) is 0 Å². The van der Waals surface area contributed by atoms with Gasteiger partial charge in [0, 0.05) is 36.7 Å². The quantitative estimate of drug-likeness (QED) is 0.396. The Balaban J connectivity index is 1.38. The van der Waals surface area contributed by atoms with Crippen LogP contribution in [0.1, 0.15) is 24.3 Å². The summed E-state index contributed by atoms with van der Waals surface area (Å²) in [7, 11) is 0. The Kier molecular flexibility index (Phi) is 7.96. The van der Waals surface area contributed by atoms with Crippen molar-refractivity contribution in [3.8, 4) is 16.9 Å². The highest BCUT2D eigenvalue weighted by Gasteiger charge is 2.30. The standard InChI is InChI=1S/C25H26F2N4O4/c26-24(27)35-21-9-5-16(6-10-21)18-12-28-25(29-13-18)30-19-7-3-17(4-8-19)22(15-32)23(34)31-11-1-2-20(33)14-31/h3-10,12-13,15,20,22-24,33-34H,1-2,11,14H2,(H,28,29,30)/t20-,22?,23?/m0/s1. The average Bonchev–Trinajstić information content (AvgIpc) is 2.86. The third-order valence-electron chi connectivity index (χ3n) is 5.89. The lowest BCUT2D eigenvalue weighted by molar-refractivity contribution is -0.117. The molecule has 35 heavy (non-hydrogen) atoms. The average molecular weight is 485 g/mol. The van der Waals surface area contributed by atoms with E-state index in [9.17, 15) is 23.8 Å². The van der Waals surface area contributed by atoms with E-state index < -0.39 is 24.9 Å². The Labute approximate surface area is 201 Å². The fourth-order valence-electron chi connectivity index (χ4n) is 4.06. The van der Waals surface area contributed by atoms with E-state index in [4.69, 9.17) is 0 Å². The van der Waals surface area contributed by atoms with E-state index >= 15 is 0 Å². The second-order valence-electron chi connectivity index (χ2n) is 8.31. The van der Waals surface area contributed by atoms with Crippen LogP contribution in [0.5, 0.6) is 5.75 Å². The molecule has 2 aromatic carbocycles. The second-order valence-corrected chi connectivity index (χ2v) is 8.31. The Bertz CT molecular complexity index is 1100. The molecular weight excluding hydrogens is 458 g/mol. The predicted octanol–water partition coefficient (Wildman–Crippen LogP) is 3.55. The fraction of sp³-hybridized carbons (Fsp3) is 0.320. The molecule has 3 N–H and O–H groups in total. The molecule has 2 unspecified atom stereocenters. The van der Waals surface area contributed by atoms with Crippen molar-refractivity contribution in [2.75, 3.05) is 18.4 Å². The molecule has 0 bridgehead atoms. The number of alkyl halides is 2. The zero-order chi connectivity index (χ0) is 24.8. The zero-order valence-corrected chi connectivity index (χ0v) is 18.8. The van der Waals surface area contributed by atoms with E-state index in [-0.39, 0.29) is 5.75 Å². The summed E-state index contributed by atoms with van der Waals surface area (Å²) in [6.07, 6.45) is 3.90. The second kappa shape index (κ2) is 11.3. The maximum Gasteiger partial charge on any atom is 0.387 e. The number of hydrogen-bond acceptors (Lipinski definition) is 8. The molecule has 184 valence electrons. The van der Waals surface area contributed by atoms with Gasteiger partial charge in [0.05, 0.1) is 12.0 Å². The number of likely N-dealkylation sites (tertiary alicyclic amines) is 1. The topological polar surface area (TPSA) is 108 Å². The Morgan fingerprint density at radius 2 is 1.74 bits per heavy atom. The summed E-state index contributed by atoms with van der Waals surface area (Å²) in [6.45, 7) is -1.91. The molecule has 0 amide bonds. The Hall–Kier alpha value is -3.47. The molecule has 8 nitrogen and oxygen atoms in total. The lowest BCUT2D eigenvalue weighted by Crippen LogP contribution is -2.47. The van der Waals surface area contributed by atoms with Crippen molar-refractivity contribution in [3.63, 3.8) is 0 Å². The number of aliphatic hydroxyl groups excluding tert-OH is 2. The van der Waals surface area contributed by atoms with E-state index in [0.717, 1.165) is 18.3 Å². The van der Waals surface area contributed by atoms with Gasteiger partial charge in [0.2, 0.25) is 5.95 Å². The number of nitrogens with one attached hydrogen (secondary N) is 1. The summed E-state index contributed by atoms with van der Waals surface area (Å²) in [6, 6.07) is 13.2. The number of hydrogen-bond donors (Lipinski definition) is 3. The van der Waals surface area contributed by atoms with Crippen LogP contribution in [0, 0.1) is 0 Å². The maximum atomic E-state index is 12.3. The normalized spacial score (nSPS) is 18.1. The van der Waals surface area contributed by atoms with Crippen molar-refractivity contribution >= 4 is 17.9 Å². The minimum absolute atomic E-state index is 0.0734. The Morgan fingerprint density at radius 1 is 1.06 bits per heavy atom. The number of aromatic nitrogens is 2. The molecule has 0 aliphatic carbocycles. The molecule has 4 rings (SSSR count). The third-order valence-corrected chi connectivity index (χ3v) is 5.89. The number of aldehydes is 1. The fourth-order valence-corrected chi connectivity index (χ4v) is 4.06. The number of halogens is 2. The molecule has 3 aromatic rings. The molecule has 0 saturated carbocycles. The molecular formula is C25H26F2N4O4. The first-order valence-corrected chi connectivity index (χ1v) is 11.2. The molecule has 2 heterocycles. The number of rotatable bonds is 9.